The minimum atomic E-state index is -3.54. The van der Waals surface area contributed by atoms with E-state index in [2.05, 4.69) is 5.32 Å². The van der Waals surface area contributed by atoms with Crippen molar-refractivity contribution in [3.63, 3.8) is 0 Å². The number of rotatable bonds is 4. The zero-order valence-corrected chi connectivity index (χ0v) is 18.7. The Kier molecular flexibility index (Phi) is 5.86. The summed E-state index contributed by atoms with van der Waals surface area (Å²) in [7, 11) is -3.54. The van der Waals surface area contributed by atoms with Gasteiger partial charge in [0.15, 0.2) is 0 Å². The van der Waals surface area contributed by atoms with Crippen molar-refractivity contribution in [2.75, 3.05) is 13.1 Å². The number of piperidine rings is 1. The van der Waals surface area contributed by atoms with Crippen LogP contribution in [-0.4, -0.2) is 43.1 Å². The second-order valence-electron chi connectivity index (χ2n) is 8.85. The number of amides is 1. The summed E-state index contributed by atoms with van der Waals surface area (Å²) < 4.78 is 27.2. The third-order valence-electron chi connectivity index (χ3n) is 6.97. The topological polar surface area (TPSA) is 78.8 Å². The molecule has 1 aliphatic carbocycles. The normalized spacial score (nSPS) is 23.1. The molecule has 2 aliphatic heterocycles. The molecular formula is C23H31N3O3S. The van der Waals surface area contributed by atoms with Gasteiger partial charge in [0.05, 0.1) is 0 Å². The maximum Gasteiger partial charge on any atom is 0.253 e. The van der Waals surface area contributed by atoms with Crippen LogP contribution in [0.3, 0.4) is 0 Å². The van der Waals surface area contributed by atoms with E-state index >= 15 is 0 Å². The molecule has 0 unspecified atom stereocenters. The van der Waals surface area contributed by atoms with Crippen LogP contribution in [0.5, 0.6) is 0 Å². The lowest BCUT2D eigenvalue weighted by Crippen LogP contribution is -2.50. The average Bonchev–Trinajstić information content (AvgIpc) is 3.06. The summed E-state index contributed by atoms with van der Waals surface area (Å²) in [6, 6.07) is 5.86. The Hall–Kier alpha value is -1.99. The van der Waals surface area contributed by atoms with E-state index in [1.54, 1.807) is 6.08 Å². The predicted octanol–water partition coefficient (Wildman–Crippen LogP) is 3.55. The Labute approximate surface area is 179 Å². The first-order chi connectivity index (χ1) is 14.3. The van der Waals surface area contributed by atoms with Crippen molar-refractivity contribution < 1.29 is 13.2 Å². The zero-order chi connectivity index (χ0) is 21.4. The van der Waals surface area contributed by atoms with Crippen LogP contribution in [0.2, 0.25) is 0 Å². The highest BCUT2D eigenvalue weighted by Crippen LogP contribution is 2.35. The summed E-state index contributed by atoms with van der Waals surface area (Å²) in [5.74, 6) is 1.14. The van der Waals surface area contributed by atoms with E-state index in [1.807, 2.05) is 32.0 Å². The molecule has 7 heteroatoms. The molecule has 162 valence electrons. The van der Waals surface area contributed by atoms with Gasteiger partial charge < -0.3 is 5.32 Å². The first kappa shape index (κ1) is 21.2. The number of sulfonamides is 1. The third kappa shape index (κ3) is 4.10. The molecule has 0 aromatic heterocycles. The molecule has 0 radical (unpaired) electrons. The van der Waals surface area contributed by atoms with Gasteiger partial charge >= 0.3 is 0 Å². The predicted molar refractivity (Wildman–Crippen MR) is 120 cm³/mol. The van der Waals surface area contributed by atoms with Crippen LogP contribution in [0.4, 0.5) is 0 Å². The first-order valence-corrected chi connectivity index (χ1v) is 12.5. The number of benzene rings is 1. The number of aliphatic imine (C=N–C) groups is 1. The lowest BCUT2D eigenvalue weighted by molar-refractivity contribution is -0.124. The summed E-state index contributed by atoms with van der Waals surface area (Å²) >= 11 is 0. The van der Waals surface area contributed by atoms with Gasteiger partial charge in [0.2, 0.25) is 10.0 Å². The number of hydrogen-bond acceptors (Lipinski definition) is 4. The highest BCUT2D eigenvalue weighted by Gasteiger charge is 2.48. The van der Waals surface area contributed by atoms with Crippen LogP contribution < -0.4 is 5.32 Å². The van der Waals surface area contributed by atoms with Crippen molar-refractivity contribution in [1.82, 2.24) is 9.62 Å². The standard InChI is InChI=1S/C23H31N3O3S/c1-17-7-6-10-19(18(17)2)11-16-30(28,29)26-14-12-23(13-15-26)22(27)24-21(25-23)20-8-4-3-5-9-20/h6-7,10-11,16,20H,3-5,8-9,12-15H2,1-2H3,(H,24,25,27)/b16-11+. The number of nitrogens with zero attached hydrogens (tertiary/aromatic N) is 2. The van der Waals surface area contributed by atoms with E-state index < -0.39 is 15.6 Å². The van der Waals surface area contributed by atoms with E-state index in [4.69, 9.17) is 4.99 Å². The molecule has 0 atom stereocenters. The second-order valence-corrected chi connectivity index (χ2v) is 10.7. The van der Waals surface area contributed by atoms with Gasteiger partial charge in [0.1, 0.15) is 11.4 Å². The van der Waals surface area contributed by atoms with Gasteiger partial charge in [-0.25, -0.2) is 8.42 Å². The minimum absolute atomic E-state index is 0.0500. The summed E-state index contributed by atoms with van der Waals surface area (Å²) in [6.07, 6.45) is 8.33. The molecule has 0 bridgehead atoms. The molecule has 4 rings (SSSR count). The summed E-state index contributed by atoms with van der Waals surface area (Å²) in [5, 5.41) is 4.31. The fraction of sp³-hybridized carbons (Fsp3) is 0.565. The molecule has 1 aromatic carbocycles. The lowest BCUT2D eigenvalue weighted by atomic mass is 9.88. The van der Waals surface area contributed by atoms with Crippen LogP contribution in [0.25, 0.3) is 6.08 Å². The lowest BCUT2D eigenvalue weighted by Gasteiger charge is -2.34. The van der Waals surface area contributed by atoms with Gasteiger partial charge in [-0.2, -0.15) is 4.31 Å². The fourth-order valence-corrected chi connectivity index (χ4v) is 5.94. The Morgan fingerprint density at radius 3 is 2.53 bits per heavy atom. The molecule has 30 heavy (non-hydrogen) atoms. The maximum atomic E-state index is 12.9. The van der Waals surface area contributed by atoms with Gasteiger partial charge in [-0.15, -0.1) is 0 Å². The van der Waals surface area contributed by atoms with Crippen LogP contribution in [0, 0.1) is 19.8 Å². The van der Waals surface area contributed by atoms with E-state index in [0.29, 0.717) is 31.8 Å². The molecule has 3 aliphatic rings. The largest absolute Gasteiger partial charge is 0.312 e. The number of aryl methyl sites for hydroxylation is 1. The first-order valence-electron chi connectivity index (χ1n) is 11.0. The number of nitrogens with one attached hydrogen (secondary N) is 1. The smallest absolute Gasteiger partial charge is 0.253 e. The molecule has 1 saturated heterocycles. The van der Waals surface area contributed by atoms with Crippen molar-refractivity contribution >= 4 is 27.8 Å². The van der Waals surface area contributed by atoms with E-state index in [0.717, 1.165) is 35.4 Å². The summed E-state index contributed by atoms with van der Waals surface area (Å²) in [6.45, 7) is 4.63. The molecule has 2 fully saturated rings. The average molecular weight is 430 g/mol. The monoisotopic (exact) mass is 429 g/mol. The highest BCUT2D eigenvalue weighted by molar-refractivity contribution is 7.92. The van der Waals surface area contributed by atoms with Crippen LogP contribution in [0.1, 0.15) is 61.6 Å². The Morgan fingerprint density at radius 1 is 1.13 bits per heavy atom. The second kappa shape index (κ2) is 8.27. The van der Waals surface area contributed by atoms with Crippen molar-refractivity contribution in [2.24, 2.45) is 10.9 Å². The fourth-order valence-electron chi connectivity index (χ4n) is 4.76. The Balaban J connectivity index is 1.44. The van der Waals surface area contributed by atoms with Gasteiger partial charge in [-0.1, -0.05) is 37.5 Å². The van der Waals surface area contributed by atoms with Crippen molar-refractivity contribution in [3.05, 3.63) is 40.3 Å². The molecule has 1 saturated carbocycles. The summed E-state index contributed by atoms with van der Waals surface area (Å²) in [5.41, 5.74) is 2.33. The minimum Gasteiger partial charge on any atom is -0.312 e. The zero-order valence-electron chi connectivity index (χ0n) is 17.9. The van der Waals surface area contributed by atoms with Crippen LogP contribution in [-0.2, 0) is 14.8 Å². The number of carbonyl (C=O) groups is 1. The molecule has 1 spiro atoms. The van der Waals surface area contributed by atoms with Gasteiger partial charge in [-0.05, 0) is 62.3 Å². The molecule has 1 N–H and O–H groups in total. The molecular weight excluding hydrogens is 398 g/mol. The van der Waals surface area contributed by atoms with Gasteiger partial charge in [-0.3, -0.25) is 9.79 Å². The van der Waals surface area contributed by atoms with Crippen LogP contribution >= 0.6 is 0 Å². The number of hydrogen-bond donors (Lipinski definition) is 1. The van der Waals surface area contributed by atoms with Gasteiger partial charge in [0, 0.05) is 24.4 Å². The van der Waals surface area contributed by atoms with Gasteiger partial charge in [0.25, 0.3) is 5.91 Å². The third-order valence-corrected chi connectivity index (χ3v) is 8.53. The van der Waals surface area contributed by atoms with E-state index in [1.165, 1.54) is 29.0 Å². The Bertz CT molecular complexity index is 983. The number of carbonyl (C=O) groups excluding carboxylic acids is 1. The summed E-state index contributed by atoms with van der Waals surface area (Å²) in [4.78, 5) is 17.6. The van der Waals surface area contributed by atoms with Crippen molar-refractivity contribution in [2.45, 2.75) is 64.3 Å². The molecule has 1 amide bonds. The van der Waals surface area contributed by atoms with E-state index in [-0.39, 0.29) is 5.91 Å². The Morgan fingerprint density at radius 2 is 1.83 bits per heavy atom. The quantitative estimate of drug-likeness (QED) is 0.795. The maximum absolute atomic E-state index is 12.9. The van der Waals surface area contributed by atoms with Crippen molar-refractivity contribution in [1.29, 1.82) is 0 Å². The highest BCUT2D eigenvalue weighted by atomic mass is 32.2. The number of amidine groups is 1. The van der Waals surface area contributed by atoms with Crippen LogP contribution in [0.15, 0.2) is 28.6 Å². The molecule has 1 aromatic rings. The SMILES string of the molecule is Cc1cccc(/C=C/S(=O)(=O)N2CCC3(CC2)N=C(C2CCCCC2)NC3=O)c1C. The van der Waals surface area contributed by atoms with E-state index in [9.17, 15) is 13.2 Å². The molecule has 6 nitrogen and oxygen atoms in total. The molecule has 2 heterocycles. The van der Waals surface area contributed by atoms with Crippen molar-refractivity contribution in [3.8, 4) is 0 Å².